The van der Waals surface area contributed by atoms with Crippen molar-refractivity contribution in [1.29, 1.82) is 0 Å². The summed E-state index contributed by atoms with van der Waals surface area (Å²) in [6.07, 6.45) is 0. The summed E-state index contributed by atoms with van der Waals surface area (Å²) >= 11 is 0. The molecule has 0 amide bonds. The maximum absolute atomic E-state index is 8.74. The molecule has 0 bridgehead atoms. The summed E-state index contributed by atoms with van der Waals surface area (Å²) in [5, 5.41) is 0. The molecule has 0 aromatic rings. The van der Waals surface area contributed by atoms with E-state index in [0.29, 0.717) is 0 Å². The van der Waals surface area contributed by atoms with Gasteiger partial charge in [0, 0.05) is 16.8 Å². The number of halogens is 1. The van der Waals surface area contributed by atoms with Crippen molar-refractivity contribution < 1.29 is 34.3 Å². The van der Waals surface area contributed by atoms with Crippen LogP contribution in [0.2, 0.25) is 0 Å². The van der Waals surface area contributed by atoms with Crippen molar-refractivity contribution in [3.8, 4) is 0 Å². The zero-order chi connectivity index (χ0) is 4.50. The second-order valence-electron chi connectivity index (χ2n) is 0.448. The maximum atomic E-state index is 8.74. The van der Waals surface area contributed by atoms with Gasteiger partial charge in [0.05, 0.1) is 0 Å². The Balaban J connectivity index is -0.0000000267. The standard InChI is InChI=1S/Al.ClH.Co.H2O4S.3H/c;;;1-5(2,3)4;;;/h;1H;;(H2,1,2,3,4);;;. The topological polar surface area (TPSA) is 74.6 Å². The van der Waals surface area contributed by atoms with Crippen LogP contribution in [0, 0.1) is 0 Å². The molecule has 0 aromatic carbocycles. The van der Waals surface area contributed by atoms with Crippen LogP contribution in [-0.2, 0) is 27.2 Å². The summed E-state index contributed by atoms with van der Waals surface area (Å²) in [6, 6.07) is 0. The minimum Gasteiger partial charge on any atom is -0.264 e. The second-order valence-corrected chi connectivity index (χ2v) is 1.34. The van der Waals surface area contributed by atoms with Gasteiger partial charge in [-0.05, 0) is 0 Å². The average molecular weight is 223 g/mol. The van der Waals surface area contributed by atoms with E-state index in [9.17, 15) is 0 Å². The fourth-order valence-electron chi connectivity index (χ4n) is 0. The van der Waals surface area contributed by atoms with Gasteiger partial charge >= 0.3 is 10.4 Å². The number of rotatable bonds is 0. The zero-order valence-electron chi connectivity index (χ0n) is 2.86. The zero-order valence-corrected chi connectivity index (χ0v) is 5.53. The molecule has 0 spiro atoms. The third-order valence-electron chi connectivity index (χ3n) is 0. The Morgan fingerprint density at radius 1 is 1.12 bits per heavy atom. The van der Waals surface area contributed by atoms with Gasteiger partial charge in [-0.25, -0.2) is 0 Å². The molecule has 0 atom stereocenters. The monoisotopic (exact) mass is 223 g/mol. The van der Waals surface area contributed by atoms with E-state index in [2.05, 4.69) is 0 Å². The molecule has 1 radical (unpaired) electrons. The van der Waals surface area contributed by atoms with E-state index >= 15 is 0 Å². The molecule has 55 valence electrons. The van der Waals surface area contributed by atoms with Gasteiger partial charge in [0.15, 0.2) is 17.4 Å². The van der Waals surface area contributed by atoms with Crippen molar-refractivity contribution in [3.05, 3.63) is 0 Å². The first-order valence-corrected chi connectivity index (χ1v) is 2.10. The van der Waals surface area contributed by atoms with Crippen molar-refractivity contribution in [1.82, 2.24) is 0 Å². The van der Waals surface area contributed by atoms with E-state index in [1.54, 1.807) is 0 Å². The maximum Gasteiger partial charge on any atom is 0.394 e. The Hall–Kier alpha value is 1.20. The number of hydrogen-bond donors (Lipinski definition) is 2. The first-order valence-electron chi connectivity index (χ1n) is 0.698. The van der Waals surface area contributed by atoms with Gasteiger partial charge in [0.2, 0.25) is 0 Å². The summed E-state index contributed by atoms with van der Waals surface area (Å²) < 4.78 is 31.6. The van der Waals surface area contributed by atoms with Gasteiger partial charge in [-0.15, -0.1) is 12.4 Å². The van der Waals surface area contributed by atoms with Gasteiger partial charge < -0.3 is 0 Å². The molecule has 0 unspecified atom stereocenters. The molecule has 0 fully saturated rings. The van der Waals surface area contributed by atoms with Crippen molar-refractivity contribution >= 4 is 40.2 Å². The Morgan fingerprint density at radius 3 is 1.12 bits per heavy atom. The SMILES string of the molecule is Cl.O=S(=O)(O)O.[AlH3].[Co]. The summed E-state index contributed by atoms with van der Waals surface area (Å²) in [5.74, 6) is 0. The first-order chi connectivity index (χ1) is 2.00. The van der Waals surface area contributed by atoms with Crippen LogP contribution in [0.4, 0.5) is 0 Å². The predicted molar refractivity (Wildman–Crippen MR) is 31.4 cm³/mol. The average Bonchev–Trinajstić information content (AvgIpc) is 0.722. The largest absolute Gasteiger partial charge is 0.394 e. The summed E-state index contributed by atoms with van der Waals surface area (Å²) in [4.78, 5) is 0. The van der Waals surface area contributed by atoms with Crippen LogP contribution < -0.4 is 0 Å². The van der Waals surface area contributed by atoms with Crippen LogP contribution in [0.1, 0.15) is 0 Å². The van der Waals surface area contributed by atoms with E-state index in [-0.39, 0.29) is 46.5 Å². The smallest absolute Gasteiger partial charge is 0.264 e. The van der Waals surface area contributed by atoms with E-state index < -0.39 is 10.4 Å². The Morgan fingerprint density at radius 2 is 1.12 bits per heavy atom. The minimum absolute atomic E-state index is 0. The first kappa shape index (κ1) is 22.9. The van der Waals surface area contributed by atoms with E-state index in [1.165, 1.54) is 0 Å². The summed E-state index contributed by atoms with van der Waals surface area (Å²) in [7, 11) is -4.67. The Kier molecular flexibility index (Phi) is 23.4. The third-order valence-corrected chi connectivity index (χ3v) is 0. The van der Waals surface area contributed by atoms with Gasteiger partial charge in [-0.2, -0.15) is 8.42 Å². The molecular weight excluding hydrogens is 217 g/mol. The second kappa shape index (κ2) is 8.20. The molecule has 0 saturated carbocycles. The van der Waals surface area contributed by atoms with Crippen molar-refractivity contribution in [2.45, 2.75) is 0 Å². The third kappa shape index (κ3) is 192. The van der Waals surface area contributed by atoms with Crippen molar-refractivity contribution in [2.24, 2.45) is 0 Å². The molecule has 0 heterocycles. The molecule has 0 saturated heterocycles. The molecule has 0 aliphatic rings. The van der Waals surface area contributed by atoms with Crippen LogP contribution in [0.3, 0.4) is 0 Å². The molecule has 0 aromatic heterocycles. The molecule has 0 aliphatic heterocycles. The van der Waals surface area contributed by atoms with Gasteiger partial charge in [0.25, 0.3) is 0 Å². The van der Waals surface area contributed by atoms with E-state index in [0.717, 1.165) is 0 Å². The minimum atomic E-state index is -4.67. The predicted octanol–water partition coefficient (Wildman–Crippen LogP) is -1.42. The van der Waals surface area contributed by atoms with Crippen LogP contribution in [-0.4, -0.2) is 34.9 Å². The quantitative estimate of drug-likeness (QED) is 0.391. The Labute approximate surface area is 74.4 Å². The molecule has 2 N–H and O–H groups in total. The molecule has 4 nitrogen and oxygen atoms in total. The molecule has 8 heavy (non-hydrogen) atoms. The Bertz CT molecular complexity index is 99.2. The van der Waals surface area contributed by atoms with Crippen LogP contribution >= 0.6 is 12.4 Å². The van der Waals surface area contributed by atoms with Gasteiger partial charge in [-0.1, -0.05) is 0 Å². The van der Waals surface area contributed by atoms with Crippen LogP contribution in [0.5, 0.6) is 0 Å². The van der Waals surface area contributed by atoms with Crippen molar-refractivity contribution in [2.75, 3.05) is 0 Å². The molecular formula is H6AlClCoO4S. The molecule has 8 heteroatoms. The van der Waals surface area contributed by atoms with E-state index in [4.69, 9.17) is 17.5 Å². The van der Waals surface area contributed by atoms with E-state index in [1.807, 2.05) is 0 Å². The fraction of sp³-hybridized carbons (Fsp3) is 0. The van der Waals surface area contributed by atoms with Crippen LogP contribution in [0.15, 0.2) is 0 Å². The fourth-order valence-corrected chi connectivity index (χ4v) is 0. The van der Waals surface area contributed by atoms with Crippen molar-refractivity contribution in [3.63, 3.8) is 0 Å². The van der Waals surface area contributed by atoms with Crippen LogP contribution in [0.25, 0.3) is 0 Å². The summed E-state index contributed by atoms with van der Waals surface area (Å²) in [5.41, 5.74) is 0. The normalized spacial score (nSPS) is 7.25. The van der Waals surface area contributed by atoms with Gasteiger partial charge in [-0.3, -0.25) is 9.11 Å². The molecule has 0 rings (SSSR count). The van der Waals surface area contributed by atoms with Gasteiger partial charge in [0.1, 0.15) is 0 Å². The summed E-state index contributed by atoms with van der Waals surface area (Å²) in [6.45, 7) is 0. The number of hydrogen-bond acceptors (Lipinski definition) is 2. The molecule has 0 aliphatic carbocycles.